The SMILES string of the molecule is CC1Oc2ccc(NC(=O)Cn3c4ccccc4c(=O)c4ccccc43)cc2NC1=O. The average molecular weight is 413 g/mol. The molecule has 1 aliphatic heterocycles. The van der Waals surface area contributed by atoms with Gasteiger partial charge >= 0.3 is 0 Å². The monoisotopic (exact) mass is 413 g/mol. The fourth-order valence-electron chi connectivity index (χ4n) is 3.88. The number of pyridine rings is 1. The van der Waals surface area contributed by atoms with E-state index in [2.05, 4.69) is 10.6 Å². The van der Waals surface area contributed by atoms with Crippen molar-refractivity contribution in [1.82, 2.24) is 4.57 Å². The molecule has 31 heavy (non-hydrogen) atoms. The van der Waals surface area contributed by atoms with Crippen LogP contribution in [0.1, 0.15) is 6.92 Å². The van der Waals surface area contributed by atoms with E-state index in [1.54, 1.807) is 37.3 Å². The topological polar surface area (TPSA) is 89.4 Å². The zero-order valence-electron chi connectivity index (χ0n) is 16.7. The minimum atomic E-state index is -0.560. The van der Waals surface area contributed by atoms with Crippen LogP contribution >= 0.6 is 0 Å². The van der Waals surface area contributed by atoms with Crippen molar-refractivity contribution in [3.05, 3.63) is 77.0 Å². The maximum atomic E-state index is 12.9. The molecule has 7 heteroatoms. The Kier molecular flexibility index (Phi) is 4.43. The third-order valence-electron chi connectivity index (χ3n) is 5.37. The first-order valence-electron chi connectivity index (χ1n) is 9.93. The Morgan fingerprint density at radius 2 is 1.65 bits per heavy atom. The predicted molar refractivity (Wildman–Crippen MR) is 120 cm³/mol. The molecule has 0 bridgehead atoms. The molecule has 4 aromatic rings. The van der Waals surface area contributed by atoms with Gasteiger partial charge in [0.15, 0.2) is 11.5 Å². The number of hydrogen-bond acceptors (Lipinski definition) is 4. The first kappa shape index (κ1) is 18.9. The van der Waals surface area contributed by atoms with Gasteiger partial charge in [-0.15, -0.1) is 0 Å². The molecule has 1 unspecified atom stereocenters. The molecular weight excluding hydrogens is 394 g/mol. The van der Waals surface area contributed by atoms with Crippen LogP contribution in [0.4, 0.5) is 11.4 Å². The van der Waals surface area contributed by atoms with Crippen molar-refractivity contribution in [2.24, 2.45) is 0 Å². The summed E-state index contributed by atoms with van der Waals surface area (Å²) in [5.74, 6) is 0.0694. The van der Waals surface area contributed by atoms with E-state index in [-0.39, 0.29) is 23.8 Å². The van der Waals surface area contributed by atoms with Gasteiger partial charge in [-0.1, -0.05) is 24.3 Å². The first-order chi connectivity index (χ1) is 15.0. The van der Waals surface area contributed by atoms with E-state index in [9.17, 15) is 14.4 Å². The third kappa shape index (κ3) is 3.30. The molecule has 0 spiro atoms. The van der Waals surface area contributed by atoms with Gasteiger partial charge < -0.3 is 19.9 Å². The van der Waals surface area contributed by atoms with Gasteiger partial charge in [0.05, 0.1) is 16.7 Å². The molecule has 2 amide bonds. The summed E-state index contributed by atoms with van der Waals surface area (Å²) in [7, 11) is 0. The highest BCUT2D eigenvalue weighted by atomic mass is 16.5. The van der Waals surface area contributed by atoms with Crippen LogP contribution < -0.4 is 20.8 Å². The van der Waals surface area contributed by atoms with Gasteiger partial charge in [-0.05, 0) is 49.4 Å². The summed E-state index contributed by atoms with van der Waals surface area (Å²) in [5.41, 5.74) is 2.39. The lowest BCUT2D eigenvalue weighted by molar-refractivity contribution is -0.122. The Hall–Kier alpha value is -4.13. The summed E-state index contributed by atoms with van der Waals surface area (Å²) in [6, 6.07) is 19.6. The third-order valence-corrected chi connectivity index (χ3v) is 5.37. The van der Waals surface area contributed by atoms with E-state index in [1.165, 1.54) is 0 Å². The average Bonchev–Trinajstić information content (AvgIpc) is 2.77. The fourth-order valence-corrected chi connectivity index (χ4v) is 3.88. The molecule has 154 valence electrons. The zero-order chi connectivity index (χ0) is 21.5. The summed E-state index contributed by atoms with van der Waals surface area (Å²) < 4.78 is 7.39. The molecule has 3 aromatic carbocycles. The van der Waals surface area contributed by atoms with Gasteiger partial charge in [-0.3, -0.25) is 14.4 Å². The number of carbonyl (C=O) groups excluding carboxylic acids is 2. The van der Waals surface area contributed by atoms with Crippen molar-refractivity contribution in [1.29, 1.82) is 0 Å². The highest BCUT2D eigenvalue weighted by Gasteiger charge is 2.23. The van der Waals surface area contributed by atoms with Crippen LogP contribution in [-0.2, 0) is 16.1 Å². The molecule has 1 atom stereocenters. The number of benzene rings is 3. The summed E-state index contributed by atoms with van der Waals surface area (Å²) in [6.07, 6.45) is -0.560. The van der Waals surface area contributed by atoms with E-state index in [0.717, 1.165) is 0 Å². The Balaban J connectivity index is 1.49. The number of nitrogens with one attached hydrogen (secondary N) is 2. The lowest BCUT2D eigenvalue weighted by atomic mass is 10.1. The second kappa shape index (κ2) is 7.28. The maximum Gasteiger partial charge on any atom is 0.265 e. The van der Waals surface area contributed by atoms with Gasteiger partial charge in [0.2, 0.25) is 5.91 Å². The molecule has 0 saturated heterocycles. The van der Waals surface area contributed by atoms with Crippen LogP contribution in [0.3, 0.4) is 0 Å². The molecule has 0 saturated carbocycles. The van der Waals surface area contributed by atoms with Crippen molar-refractivity contribution in [2.75, 3.05) is 10.6 Å². The van der Waals surface area contributed by atoms with E-state index >= 15 is 0 Å². The summed E-state index contributed by atoms with van der Waals surface area (Å²) >= 11 is 0. The van der Waals surface area contributed by atoms with E-state index in [1.807, 2.05) is 41.0 Å². The molecule has 7 nitrogen and oxygen atoms in total. The smallest absolute Gasteiger partial charge is 0.265 e. The normalized spacial score (nSPS) is 15.3. The quantitative estimate of drug-likeness (QED) is 0.503. The highest BCUT2D eigenvalue weighted by molar-refractivity contribution is 6.00. The van der Waals surface area contributed by atoms with Crippen LogP contribution in [-0.4, -0.2) is 22.5 Å². The Morgan fingerprint density at radius 1 is 1.00 bits per heavy atom. The fraction of sp³-hybridized carbons (Fsp3) is 0.125. The number of anilines is 2. The number of para-hydroxylation sites is 2. The second-order valence-electron chi connectivity index (χ2n) is 7.46. The van der Waals surface area contributed by atoms with E-state index in [0.29, 0.717) is 38.9 Å². The van der Waals surface area contributed by atoms with Crippen LogP contribution in [0.15, 0.2) is 71.5 Å². The Morgan fingerprint density at radius 3 is 2.32 bits per heavy atom. The number of hydrogen-bond donors (Lipinski definition) is 2. The number of fused-ring (bicyclic) bond motifs is 3. The molecule has 1 aromatic heterocycles. The first-order valence-corrected chi connectivity index (χ1v) is 9.93. The van der Waals surface area contributed by atoms with Crippen molar-refractivity contribution in [3.63, 3.8) is 0 Å². The van der Waals surface area contributed by atoms with Gasteiger partial charge in [0.25, 0.3) is 5.91 Å². The second-order valence-corrected chi connectivity index (χ2v) is 7.46. The van der Waals surface area contributed by atoms with E-state index < -0.39 is 6.10 Å². The molecule has 1 aliphatic rings. The number of carbonyl (C=O) groups is 2. The molecule has 0 fully saturated rings. The lowest BCUT2D eigenvalue weighted by Crippen LogP contribution is -2.34. The molecule has 2 N–H and O–H groups in total. The molecule has 5 rings (SSSR count). The van der Waals surface area contributed by atoms with Gasteiger partial charge in [0.1, 0.15) is 12.3 Å². The van der Waals surface area contributed by atoms with Crippen LogP contribution in [0, 0.1) is 0 Å². The number of rotatable bonds is 3. The minimum absolute atomic E-state index is 0.0261. The van der Waals surface area contributed by atoms with Crippen molar-refractivity contribution in [3.8, 4) is 5.75 Å². The summed E-state index contributed by atoms with van der Waals surface area (Å²) in [4.78, 5) is 37.6. The molecular formula is C24H19N3O4. The molecule has 0 radical (unpaired) electrons. The van der Waals surface area contributed by atoms with Crippen LogP contribution in [0.25, 0.3) is 21.8 Å². The van der Waals surface area contributed by atoms with Gasteiger partial charge in [0, 0.05) is 16.5 Å². The summed E-state index contributed by atoms with van der Waals surface area (Å²) in [6.45, 7) is 1.70. The Bertz CT molecular complexity index is 1360. The van der Waals surface area contributed by atoms with Crippen LogP contribution in [0.2, 0.25) is 0 Å². The van der Waals surface area contributed by atoms with Crippen molar-refractivity contribution >= 4 is 45.0 Å². The zero-order valence-corrected chi connectivity index (χ0v) is 16.7. The largest absolute Gasteiger partial charge is 0.479 e. The number of amides is 2. The molecule has 2 heterocycles. The number of aromatic nitrogens is 1. The van der Waals surface area contributed by atoms with Crippen molar-refractivity contribution in [2.45, 2.75) is 19.6 Å². The summed E-state index contributed by atoms with van der Waals surface area (Å²) in [5, 5.41) is 6.77. The predicted octanol–water partition coefficient (Wildman–Crippen LogP) is 3.51. The van der Waals surface area contributed by atoms with Crippen molar-refractivity contribution < 1.29 is 14.3 Å². The number of ether oxygens (including phenoxy) is 1. The number of nitrogens with zero attached hydrogens (tertiary/aromatic N) is 1. The van der Waals surface area contributed by atoms with Gasteiger partial charge in [-0.2, -0.15) is 0 Å². The Labute approximate surface area is 177 Å². The van der Waals surface area contributed by atoms with E-state index in [4.69, 9.17) is 4.74 Å². The van der Waals surface area contributed by atoms with Crippen LogP contribution in [0.5, 0.6) is 5.75 Å². The maximum absolute atomic E-state index is 12.9. The highest BCUT2D eigenvalue weighted by Crippen LogP contribution is 2.32. The molecule has 0 aliphatic carbocycles. The minimum Gasteiger partial charge on any atom is -0.479 e. The lowest BCUT2D eigenvalue weighted by Gasteiger charge is -2.23. The van der Waals surface area contributed by atoms with Gasteiger partial charge in [-0.25, -0.2) is 0 Å². The standard InChI is InChI=1S/C24H19N3O4/c1-14-24(30)26-18-12-15(10-11-21(18)31-14)25-22(28)13-27-19-8-4-2-6-16(19)23(29)17-7-3-5-9-20(17)27/h2-12,14H,13H2,1H3,(H,25,28)(H,26,30).